The lowest BCUT2D eigenvalue weighted by atomic mass is 10.2. The van der Waals surface area contributed by atoms with E-state index in [4.69, 9.17) is 14.5 Å². The number of fused-ring (bicyclic) bond motifs is 1. The van der Waals surface area contributed by atoms with Crippen molar-refractivity contribution in [3.8, 4) is 11.4 Å². The molecule has 3 heterocycles. The zero-order valence-corrected chi connectivity index (χ0v) is 25.2. The Kier molecular flexibility index (Phi) is 8.01. The normalized spacial score (nSPS) is 12.4. The van der Waals surface area contributed by atoms with Crippen molar-refractivity contribution in [2.45, 2.75) is 58.8 Å². The minimum Gasteiger partial charge on any atom is -0.443 e. The smallest absolute Gasteiger partial charge is 0.416 e. The molecular weight excluding hydrogens is 582 g/mol. The molecule has 0 atom stereocenters. The van der Waals surface area contributed by atoms with Gasteiger partial charge in [-0.1, -0.05) is 19.6 Å². The van der Waals surface area contributed by atoms with Crippen molar-refractivity contribution in [3.05, 3.63) is 27.4 Å². The van der Waals surface area contributed by atoms with E-state index in [9.17, 15) is 4.79 Å². The highest BCUT2D eigenvalue weighted by Gasteiger charge is 2.26. The molecule has 0 saturated heterocycles. The molecule has 0 aliphatic carbocycles. The first kappa shape index (κ1) is 26.9. The third-order valence-electron chi connectivity index (χ3n) is 5.19. The van der Waals surface area contributed by atoms with Gasteiger partial charge in [-0.3, -0.25) is 9.88 Å². The average Bonchev–Trinajstić information content (AvgIpc) is 3.20. The number of halogens is 2. The molecule has 0 aliphatic rings. The zero-order valence-electron chi connectivity index (χ0n) is 21.1. The number of ether oxygens (including phenoxy) is 2. The van der Waals surface area contributed by atoms with Crippen LogP contribution in [0.5, 0.6) is 0 Å². The number of aromatic nitrogens is 4. The lowest BCUT2D eigenvalue weighted by Gasteiger charge is -2.24. The summed E-state index contributed by atoms with van der Waals surface area (Å²) in [5, 5.41) is 0. The van der Waals surface area contributed by atoms with E-state index in [0.717, 1.165) is 26.3 Å². The summed E-state index contributed by atoms with van der Waals surface area (Å²) in [6.45, 7) is 13.6. The zero-order chi connectivity index (χ0) is 25.4. The first-order chi connectivity index (χ1) is 15.7. The molecule has 0 unspecified atom stereocenters. The maximum Gasteiger partial charge on any atom is 0.416 e. The van der Waals surface area contributed by atoms with Crippen molar-refractivity contribution in [1.82, 2.24) is 19.1 Å². The van der Waals surface area contributed by atoms with Gasteiger partial charge in [-0.05, 0) is 70.8 Å². The topological polar surface area (TPSA) is 74.4 Å². The minimum atomic E-state index is -1.18. The number of imidazole rings is 1. The average molecular weight is 615 g/mol. The summed E-state index contributed by atoms with van der Waals surface area (Å²) in [4.78, 5) is 23.5. The Bertz CT molecular complexity index is 1190. The van der Waals surface area contributed by atoms with Crippen molar-refractivity contribution in [3.63, 3.8) is 0 Å². The van der Waals surface area contributed by atoms with E-state index in [2.05, 4.69) is 56.5 Å². The summed E-state index contributed by atoms with van der Waals surface area (Å²) < 4.78 is 17.2. The highest BCUT2D eigenvalue weighted by molar-refractivity contribution is 9.13. The molecule has 3 aromatic heterocycles. The molecule has 0 saturated carbocycles. The van der Waals surface area contributed by atoms with Crippen LogP contribution < -0.4 is 4.90 Å². The first-order valence-electron chi connectivity index (χ1n) is 11.1. The van der Waals surface area contributed by atoms with E-state index in [1.54, 1.807) is 13.2 Å². The van der Waals surface area contributed by atoms with Gasteiger partial charge in [-0.2, -0.15) is 0 Å². The van der Waals surface area contributed by atoms with Crippen LogP contribution in [0.4, 0.5) is 10.7 Å². The van der Waals surface area contributed by atoms with Crippen LogP contribution in [0.1, 0.15) is 20.8 Å². The number of rotatable bonds is 7. The summed E-state index contributed by atoms with van der Waals surface area (Å²) in [6.07, 6.45) is 1.28. The Morgan fingerprint density at radius 2 is 1.91 bits per heavy atom. The van der Waals surface area contributed by atoms with Crippen molar-refractivity contribution < 1.29 is 14.3 Å². The third kappa shape index (κ3) is 6.10. The maximum atomic E-state index is 12.7. The van der Waals surface area contributed by atoms with E-state index in [0.29, 0.717) is 30.5 Å². The fourth-order valence-corrected chi connectivity index (χ4v) is 4.95. The molecular formula is C23H33Br2N5O3Si. The van der Waals surface area contributed by atoms with Gasteiger partial charge in [0.1, 0.15) is 28.1 Å². The second kappa shape index (κ2) is 10.1. The van der Waals surface area contributed by atoms with Gasteiger partial charge in [0.05, 0.1) is 15.7 Å². The monoisotopic (exact) mass is 613 g/mol. The molecule has 0 bridgehead atoms. The summed E-state index contributed by atoms with van der Waals surface area (Å²) >= 11 is 7.29. The predicted molar refractivity (Wildman–Crippen MR) is 146 cm³/mol. The molecule has 1 amide bonds. The van der Waals surface area contributed by atoms with Gasteiger partial charge in [0, 0.05) is 35.0 Å². The number of aryl methyl sites for hydroxylation is 1. The standard InChI is InChI=1S/C23H33Br2N5O3Si/c1-23(2,3)33-22(31)29(5)21-27-19-16(28(21)4)9-10-26-18(19)17-13-15(24)20(25)30(17)14-32-11-12-34(6,7)8/h9-10,13H,11-12,14H2,1-8H3. The molecule has 0 N–H and O–H groups in total. The van der Waals surface area contributed by atoms with Gasteiger partial charge in [0.2, 0.25) is 5.95 Å². The number of nitrogens with zero attached hydrogens (tertiary/aromatic N) is 5. The highest BCUT2D eigenvalue weighted by atomic mass is 79.9. The number of anilines is 1. The molecule has 34 heavy (non-hydrogen) atoms. The summed E-state index contributed by atoms with van der Waals surface area (Å²) in [6, 6.07) is 4.98. The lowest BCUT2D eigenvalue weighted by molar-refractivity contribution is 0.0586. The first-order valence-corrected chi connectivity index (χ1v) is 16.4. The van der Waals surface area contributed by atoms with E-state index in [1.807, 2.05) is 49.1 Å². The van der Waals surface area contributed by atoms with Crippen LogP contribution in [-0.4, -0.2) is 52.5 Å². The van der Waals surface area contributed by atoms with Gasteiger partial charge in [0.15, 0.2) is 0 Å². The summed E-state index contributed by atoms with van der Waals surface area (Å²) in [5.41, 5.74) is 2.52. The SMILES string of the molecule is CN(C(=O)OC(C)(C)C)c1nc2c(-c3cc(Br)c(Br)n3COCC[Si](C)(C)C)nccc2n1C. The van der Waals surface area contributed by atoms with E-state index in [-0.39, 0.29) is 0 Å². The molecule has 0 spiro atoms. The Hall–Kier alpha value is -1.69. The number of carbonyl (C=O) groups excluding carboxylic acids is 1. The van der Waals surface area contributed by atoms with Gasteiger partial charge in [-0.15, -0.1) is 0 Å². The summed E-state index contributed by atoms with van der Waals surface area (Å²) in [7, 11) is 2.35. The minimum absolute atomic E-state index is 0.390. The highest BCUT2D eigenvalue weighted by Crippen LogP contribution is 2.36. The number of hydrogen-bond acceptors (Lipinski definition) is 5. The molecule has 0 aliphatic heterocycles. The van der Waals surface area contributed by atoms with Gasteiger partial charge in [-0.25, -0.2) is 9.78 Å². The Morgan fingerprint density at radius 3 is 2.53 bits per heavy atom. The van der Waals surface area contributed by atoms with Crippen LogP contribution in [0, 0.1) is 0 Å². The number of pyridine rings is 1. The van der Waals surface area contributed by atoms with Crippen LogP contribution >= 0.6 is 31.9 Å². The molecule has 3 aromatic rings. The van der Waals surface area contributed by atoms with Gasteiger partial charge < -0.3 is 18.6 Å². The Labute approximate surface area is 218 Å². The second-order valence-electron chi connectivity index (χ2n) is 10.5. The van der Waals surface area contributed by atoms with E-state index < -0.39 is 19.8 Å². The number of carbonyl (C=O) groups is 1. The fourth-order valence-electron chi connectivity index (χ4n) is 3.36. The van der Waals surface area contributed by atoms with E-state index in [1.165, 1.54) is 4.90 Å². The van der Waals surface area contributed by atoms with Crippen molar-refractivity contribution in [1.29, 1.82) is 0 Å². The van der Waals surface area contributed by atoms with Crippen LogP contribution in [0.15, 0.2) is 27.4 Å². The van der Waals surface area contributed by atoms with Gasteiger partial charge in [0.25, 0.3) is 0 Å². The molecule has 0 radical (unpaired) electrons. The van der Waals surface area contributed by atoms with Crippen molar-refractivity contribution in [2.75, 3.05) is 18.6 Å². The van der Waals surface area contributed by atoms with Crippen LogP contribution in [-0.2, 0) is 23.3 Å². The van der Waals surface area contributed by atoms with E-state index >= 15 is 0 Å². The fraction of sp³-hybridized carbons (Fsp3) is 0.522. The Balaban J connectivity index is 1.99. The Morgan fingerprint density at radius 1 is 1.24 bits per heavy atom. The molecule has 0 fully saturated rings. The third-order valence-corrected chi connectivity index (χ3v) is 8.89. The molecule has 186 valence electrons. The predicted octanol–water partition coefficient (Wildman–Crippen LogP) is 6.65. The quantitative estimate of drug-likeness (QED) is 0.220. The van der Waals surface area contributed by atoms with Gasteiger partial charge >= 0.3 is 6.09 Å². The second-order valence-corrected chi connectivity index (χ2v) is 17.7. The summed E-state index contributed by atoms with van der Waals surface area (Å²) in [5.74, 6) is 0.473. The number of hydrogen-bond donors (Lipinski definition) is 0. The molecule has 0 aromatic carbocycles. The molecule has 3 rings (SSSR count). The number of amides is 1. The van der Waals surface area contributed by atoms with Crippen LogP contribution in [0.2, 0.25) is 25.7 Å². The molecule has 11 heteroatoms. The van der Waals surface area contributed by atoms with Crippen molar-refractivity contribution >= 4 is 63.0 Å². The lowest BCUT2D eigenvalue weighted by Crippen LogP contribution is -2.35. The van der Waals surface area contributed by atoms with Crippen molar-refractivity contribution in [2.24, 2.45) is 7.05 Å². The molecule has 8 nitrogen and oxygen atoms in total. The largest absolute Gasteiger partial charge is 0.443 e. The maximum absolute atomic E-state index is 12.7. The van der Waals surface area contributed by atoms with Crippen LogP contribution in [0.3, 0.4) is 0 Å². The van der Waals surface area contributed by atoms with Crippen LogP contribution in [0.25, 0.3) is 22.4 Å².